The smallest absolute Gasteiger partial charge is 0.376 e. The molecule has 9 nitrogen and oxygen atoms in total. The first kappa shape index (κ1) is 21.4. The SMILES string of the molecule is Cc1c(CN2CCNC2=NC#N)sc2c1c(=O)n(CC(F)(F)F)c(=O)n2CC1CCO1. The Morgan fingerprint density at radius 2 is 2.10 bits per heavy atom. The lowest BCUT2D eigenvalue weighted by Crippen LogP contribution is -2.45. The lowest BCUT2D eigenvalue weighted by molar-refractivity contribution is -0.142. The minimum atomic E-state index is -4.71. The number of aryl methyl sites for hydroxylation is 1. The van der Waals surface area contributed by atoms with Crippen molar-refractivity contribution in [2.45, 2.75) is 45.3 Å². The van der Waals surface area contributed by atoms with Crippen molar-refractivity contribution < 1.29 is 17.9 Å². The molecule has 1 unspecified atom stereocenters. The molecule has 0 bridgehead atoms. The molecule has 166 valence electrons. The summed E-state index contributed by atoms with van der Waals surface area (Å²) in [5.41, 5.74) is -1.42. The van der Waals surface area contributed by atoms with Crippen molar-refractivity contribution in [3.63, 3.8) is 0 Å². The molecule has 1 N–H and O–H groups in total. The molecule has 2 aliphatic heterocycles. The fourth-order valence-electron chi connectivity index (χ4n) is 3.71. The van der Waals surface area contributed by atoms with Crippen LogP contribution in [0.15, 0.2) is 14.6 Å². The Kier molecular flexibility index (Phi) is 5.52. The average Bonchev–Trinajstić information content (AvgIpc) is 3.22. The summed E-state index contributed by atoms with van der Waals surface area (Å²) in [6.45, 7) is 2.10. The lowest BCUT2D eigenvalue weighted by atomic mass is 10.2. The van der Waals surface area contributed by atoms with Crippen LogP contribution in [0, 0.1) is 18.4 Å². The first-order valence-corrected chi connectivity index (χ1v) is 10.4. The van der Waals surface area contributed by atoms with Crippen molar-refractivity contribution in [2.24, 2.45) is 4.99 Å². The van der Waals surface area contributed by atoms with Crippen LogP contribution in [-0.4, -0.2) is 52.0 Å². The molecule has 13 heteroatoms. The highest BCUT2D eigenvalue weighted by atomic mass is 32.1. The Labute approximate surface area is 178 Å². The number of ether oxygens (including phenoxy) is 1. The van der Waals surface area contributed by atoms with Crippen molar-refractivity contribution in [2.75, 3.05) is 19.7 Å². The van der Waals surface area contributed by atoms with Gasteiger partial charge in [-0.05, 0) is 18.9 Å². The third-order valence-corrected chi connectivity index (χ3v) is 6.66. The summed E-state index contributed by atoms with van der Waals surface area (Å²) in [6, 6.07) is 0. The number of nitriles is 1. The normalized spacial score (nSPS) is 20.2. The Hall–Kier alpha value is -2.85. The maximum atomic E-state index is 13.1. The van der Waals surface area contributed by atoms with Crippen molar-refractivity contribution in [3.8, 4) is 6.19 Å². The van der Waals surface area contributed by atoms with E-state index in [0.717, 1.165) is 0 Å². The molecular weight excluding hydrogens is 437 g/mol. The van der Waals surface area contributed by atoms with Crippen molar-refractivity contribution in [3.05, 3.63) is 31.3 Å². The maximum Gasteiger partial charge on any atom is 0.406 e. The number of fused-ring (bicyclic) bond motifs is 1. The van der Waals surface area contributed by atoms with E-state index in [1.807, 2.05) is 4.90 Å². The van der Waals surface area contributed by atoms with Gasteiger partial charge in [-0.15, -0.1) is 16.3 Å². The predicted molar refractivity (Wildman–Crippen MR) is 107 cm³/mol. The molecular formula is C18H19F3N6O3S. The van der Waals surface area contributed by atoms with Gasteiger partial charge >= 0.3 is 11.9 Å². The predicted octanol–water partition coefficient (Wildman–Crippen LogP) is 1.13. The van der Waals surface area contributed by atoms with Gasteiger partial charge < -0.3 is 15.0 Å². The molecule has 2 fully saturated rings. The second kappa shape index (κ2) is 8.01. The lowest BCUT2D eigenvalue weighted by Gasteiger charge is -2.27. The maximum absolute atomic E-state index is 13.1. The molecule has 1 atom stereocenters. The van der Waals surface area contributed by atoms with Gasteiger partial charge in [0.05, 0.1) is 24.6 Å². The van der Waals surface area contributed by atoms with Gasteiger partial charge in [0.1, 0.15) is 11.4 Å². The van der Waals surface area contributed by atoms with Gasteiger partial charge in [-0.2, -0.15) is 18.4 Å². The van der Waals surface area contributed by atoms with E-state index in [2.05, 4.69) is 10.3 Å². The number of hydrogen-bond acceptors (Lipinski definition) is 6. The van der Waals surface area contributed by atoms with Crippen molar-refractivity contribution >= 4 is 27.5 Å². The summed E-state index contributed by atoms with van der Waals surface area (Å²) in [7, 11) is 0. The second-order valence-electron chi connectivity index (χ2n) is 7.40. The van der Waals surface area contributed by atoms with E-state index in [1.165, 1.54) is 15.9 Å². The zero-order valence-electron chi connectivity index (χ0n) is 16.5. The Morgan fingerprint density at radius 1 is 1.35 bits per heavy atom. The summed E-state index contributed by atoms with van der Waals surface area (Å²) >= 11 is 1.19. The topological polar surface area (TPSA) is 105 Å². The first-order valence-electron chi connectivity index (χ1n) is 9.59. The summed E-state index contributed by atoms with van der Waals surface area (Å²) in [5, 5.41) is 11.9. The molecule has 4 heterocycles. The van der Waals surface area contributed by atoms with Gasteiger partial charge in [0.15, 0.2) is 0 Å². The van der Waals surface area contributed by atoms with E-state index >= 15 is 0 Å². The Balaban J connectivity index is 1.85. The molecule has 0 radical (unpaired) electrons. The largest absolute Gasteiger partial charge is 0.406 e. The fraction of sp³-hybridized carbons (Fsp3) is 0.556. The summed E-state index contributed by atoms with van der Waals surface area (Å²) in [5.74, 6) is 0.397. The van der Waals surface area contributed by atoms with Crippen LogP contribution in [0.2, 0.25) is 0 Å². The molecule has 2 aliphatic rings. The number of thiophene rings is 1. The van der Waals surface area contributed by atoms with Gasteiger partial charge in [0, 0.05) is 24.6 Å². The van der Waals surface area contributed by atoms with Crippen molar-refractivity contribution in [1.29, 1.82) is 5.26 Å². The molecule has 0 spiro atoms. The third kappa shape index (κ3) is 4.05. The minimum Gasteiger partial charge on any atom is -0.376 e. The third-order valence-electron chi connectivity index (χ3n) is 5.36. The zero-order valence-corrected chi connectivity index (χ0v) is 17.3. The van der Waals surface area contributed by atoms with Gasteiger partial charge in [0.2, 0.25) is 12.2 Å². The number of guanidine groups is 1. The molecule has 31 heavy (non-hydrogen) atoms. The van der Waals surface area contributed by atoms with Crippen LogP contribution in [0.4, 0.5) is 13.2 Å². The van der Waals surface area contributed by atoms with Crippen LogP contribution in [0.25, 0.3) is 10.2 Å². The molecule has 4 rings (SSSR count). The van der Waals surface area contributed by atoms with E-state index in [4.69, 9.17) is 10.00 Å². The standard InChI is InChI=1S/C18H19F3N6O3S/c1-10-12(7-25-4-3-23-16(25)24-9-22)31-15-13(10)14(28)27(8-18(19,20)21)17(29)26(15)6-11-2-5-30-11/h11H,2-8H2,1H3,(H,23,24). The highest BCUT2D eigenvalue weighted by Crippen LogP contribution is 2.30. The van der Waals surface area contributed by atoms with Crippen LogP contribution in [-0.2, 0) is 24.4 Å². The van der Waals surface area contributed by atoms with Crippen LogP contribution in [0.3, 0.4) is 0 Å². The number of nitrogens with one attached hydrogen (secondary N) is 1. The highest BCUT2D eigenvalue weighted by molar-refractivity contribution is 7.18. The molecule has 0 aromatic carbocycles. The van der Waals surface area contributed by atoms with E-state index in [9.17, 15) is 22.8 Å². The van der Waals surface area contributed by atoms with E-state index in [0.29, 0.717) is 53.9 Å². The number of hydrogen-bond donors (Lipinski definition) is 1. The number of rotatable bonds is 5. The molecule has 0 aliphatic carbocycles. The first-order chi connectivity index (χ1) is 14.7. The second-order valence-corrected chi connectivity index (χ2v) is 8.48. The summed E-state index contributed by atoms with van der Waals surface area (Å²) in [4.78, 5) is 32.4. The minimum absolute atomic E-state index is 0.0826. The number of aromatic nitrogens is 2. The molecule has 0 saturated carbocycles. The zero-order chi connectivity index (χ0) is 22.3. The number of nitrogens with zero attached hydrogens (tertiary/aromatic N) is 5. The molecule has 0 amide bonds. The van der Waals surface area contributed by atoms with Gasteiger partial charge in [-0.1, -0.05) is 0 Å². The van der Waals surface area contributed by atoms with Gasteiger partial charge in [-0.25, -0.2) is 4.79 Å². The molecule has 2 aromatic rings. The summed E-state index contributed by atoms with van der Waals surface area (Å²) < 4.78 is 46.1. The summed E-state index contributed by atoms with van der Waals surface area (Å²) in [6.07, 6.45) is -2.57. The molecule has 2 saturated heterocycles. The van der Waals surface area contributed by atoms with Crippen molar-refractivity contribution in [1.82, 2.24) is 19.4 Å². The van der Waals surface area contributed by atoms with Gasteiger partial charge in [-0.3, -0.25) is 13.9 Å². The van der Waals surface area contributed by atoms with E-state index in [1.54, 1.807) is 13.1 Å². The monoisotopic (exact) mass is 456 g/mol. The number of aliphatic imine (C=N–C) groups is 1. The number of alkyl halides is 3. The van der Waals surface area contributed by atoms with Gasteiger partial charge in [0.25, 0.3) is 5.56 Å². The highest BCUT2D eigenvalue weighted by Gasteiger charge is 2.33. The van der Waals surface area contributed by atoms with E-state index in [-0.39, 0.29) is 22.6 Å². The van der Waals surface area contributed by atoms with Crippen LogP contribution < -0.4 is 16.6 Å². The van der Waals surface area contributed by atoms with Crippen LogP contribution in [0.1, 0.15) is 16.9 Å². The number of halogens is 3. The average molecular weight is 456 g/mol. The van der Waals surface area contributed by atoms with Crippen LogP contribution >= 0.6 is 11.3 Å². The molecule has 2 aromatic heterocycles. The fourth-order valence-corrected chi connectivity index (χ4v) is 5.02. The Morgan fingerprint density at radius 3 is 2.71 bits per heavy atom. The van der Waals surface area contributed by atoms with Crippen LogP contribution in [0.5, 0.6) is 0 Å². The quantitative estimate of drug-likeness (QED) is 0.677. The van der Waals surface area contributed by atoms with E-state index < -0.39 is 24.0 Å². The Bertz CT molecular complexity index is 1200.